The molecule has 26 heavy (non-hydrogen) atoms. The molecule has 0 bridgehead atoms. The Morgan fingerprint density at radius 3 is 2.81 bits per heavy atom. The van der Waals surface area contributed by atoms with Gasteiger partial charge in [-0.2, -0.15) is 0 Å². The van der Waals surface area contributed by atoms with Crippen LogP contribution in [0.1, 0.15) is 22.9 Å². The van der Waals surface area contributed by atoms with E-state index in [-0.39, 0.29) is 24.0 Å². The Balaban J connectivity index is 0.00000243. The molecule has 8 heteroatoms. The fourth-order valence-corrected chi connectivity index (χ4v) is 2.84. The fourth-order valence-electron chi connectivity index (χ4n) is 2.67. The number of aromatic amines is 1. The number of aryl methyl sites for hydroxylation is 2. The van der Waals surface area contributed by atoms with Crippen molar-refractivity contribution in [1.82, 2.24) is 20.6 Å². The second-order valence-electron chi connectivity index (χ2n) is 5.86. The summed E-state index contributed by atoms with van der Waals surface area (Å²) in [5.41, 5.74) is 3.23. The van der Waals surface area contributed by atoms with E-state index in [4.69, 9.17) is 16.0 Å². The Bertz CT molecular complexity index is 883. The number of nitrogens with zero attached hydrogens (tertiary/aromatic N) is 2. The summed E-state index contributed by atoms with van der Waals surface area (Å²) in [7, 11) is 1.74. The van der Waals surface area contributed by atoms with E-state index in [1.807, 2.05) is 38.2 Å². The molecule has 0 aliphatic heterocycles. The molecule has 0 aliphatic carbocycles. The summed E-state index contributed by atoms with van der Waals surface area (Å²) in [5, 5.41) is 8.41. The average molecular weight is 488 g/mol. The number of hydrogen-bond acceptors (Lipinski definition) is 3. The number of guanidine groups is 1. The van der Waals surface area contributed by atoms with Crippen LogP contribution in [0.2, 0.25) is 5.02 Å². The molecule has 3 N–H and O–H groups in total. The van der Waals surface area contributed by atoms with Crippen LogP contribution >= 0.6 is 35.6 Å². The Morgan fingerprint density at radius 2 is 2.12 bits per heavy atom. The number of nitrogens with one attached hydrogen (secondary N) is 3. The maximum atomic E-state index is 6.09. The van der Waals surface area contributed by atoms with Crippen LogP contribution in [0.3, 0.4) is 0 Å². The Kier molecular flexibility index (Phi) is 7.33. The van der Waals surface area contributed by atoms with E-state index in [1.165, 1.54) is 5.56 Å². The minimum absolute atomic E-state index is 0. The van der Waals surface area contributed by atoms with Crippen molar-refractivity contribution in [2.75, 3.05) is 13.6 Å². The van der Waals surface area contributed by atoms with Gasteiger partial charge in [-0.1, -0.05) is 11.6 Å². The predicted molar refractivity (Wildman–Crippen MR) is 117 cm³/mol. The molecule has 0 unspecified atom stereocenters. The molecule has 0 radical (unpaired) electrons. The number of H-pyrrole nitrogens is 1. The number of rotatable bonds is 5. The zero-order valence-corrected chi connectivity index (χ0v) is 18.1. The van der Waals surface area contributed by atoms with E-state index in [0.717, 1.165) is 40.3 Å². The minimum Gasteiger partial charge on any atom is -0.444 e. The van der Waals surface area contributed by atoms with Crippen molar-refractivity contribution in [2.24, 2.45) is 4.99 Å². The van der Waals surface area contributed by atoms with Gasteiger partial charge in [0.05, 0.1) is 12.2 Å². The zero-order chi connectivity index (χ0) is 17.8. The van der Waals surface area contributed by atoms with Gasteiger partial charge >= 0.3 is 0 Å². The van der Waals surface area contributed by atoms with E-state index in [1.54, 1.807) is 7.05 Å². The summed E-state index contributed by atoms with van der Waals surface area (Å²) in [6.45, 7) is 5.09. The van der Waals surface area contributed by atoms with Crippen LogP contribution in [-0.2, 0) is 13.0 Å². The summed E-state index contributed by atoms with van der Waals surface area (Å²) < 4.78 is 5.56. The van der Waals surface area contributed by atoms with Crippen LogP contribution in [0.4, 0.5) is 0 Å². The van der Waals surface area contributed by atoms with E-state index in [0.29, 0.717) is 18.4 Å². The van der Waals surface area contributed by atoms with Crippen molar-refractivity contribution in [3.8, 4) is 0 Å². The Hall–Kier alpha value is -1.74. The largest absolute Gasteiger partial charge is 0.444 e. The second-order valence-corrected chi connectivity index (χ2v) is 6.29. The topological polar surface area (TPSA) is 78.2 Å². The number of aliphatic imine (C=N–C) groups is 1. The van der Waals surface area contributed by atoms with Crippen molar-refractivity contribution in [3.63, 3.8) is 0 Å². The van der Waals surface area contributed by atoms with Gasteiger partial charge < -0.3 is 20.0 Å². The third-order valence-corrected chi connectivity index (χ3v) is 4.35. The first-order valence-electron chi connectivity index (χ1n) is 8.19. The van der Waals surface area contributed by atoms with Gasteiger partial charge in [0.1, 0.15) is 5.76 Å². The number of halogens is 2. The third kappa shape index (κ3) is 4.91. The number of fused-ring (bicyclic) bond motifs is 1. The van der Waals surface area contributed by atoms with Gasteiger partial charge in [0.25, 0.3) is 0 Å². The van der Waals surface area contributed by atoms with Crippen LogP contribution in [0, 0.1) is 13.8 Å². The summed E-state index contributed by atoms with van der Waals surface area (Å²) in [6.07, 6.45) is 2.88. The smallest absolute Gasteiger partial charge is 0.214 e. The van der Waals surface area contributed by atoms with Crippen LogP contribution in [-0.4, -0.2) is 29.5 Å². The van der Waals surface area contributed by atoms with Gasteiger partial charge in [-0.05, 0) is 44.0 Å². The molecule has 0 spiro atoms. The molecule has 2 heterocycles. The third-order valence-electron chi connectivity index (χ3n) is 4.12. The molecule has 0 fully saturated rings. The maximum Gasteiger partial charge on any atom is 0.214 e. The molecule has 2 aromatic heterocycles. The monoisotopic (exact) mass is 487 g/mol. The van der Waals surface area contributed by atoms with Crippen LogP contribution in [0.15, 0.2) is 33.8 Å². The molecule has 3 rings (SSSR count). The molecule has 0 atom stereocenters. The standard InChI is InChI=1S/C18H22ClN5O.HI/c1-11-12(2)25-17(24-11)10-23-18(20-3)21-7-6-13-9-22-16-5-4-14(19)8-15(13)16;/h4-5,8-9,22H,6-7,10H2,1-3H3,(H2,20,21,23);1H. The number of hydrogen-bond donors (Lipinski definition) is 3. The molecule has 3 aromatic rings. The zero-order valence-electron chi connectivity index (χ0n) is 15.0. The molecule has 6 nitrogen and oxygen atoms in total. The lowest BCUT2D eigenvalue weighted by atomic mass is 10.1. The van der Waals surface area contributed by atoms with Crippen molar-refractivity contribution in [1.29, 1.82) is 0 Å². The molecular formula is C18H23ClIN5O. The van der Waals surface area contributed by atoms with Gasteiger partial charge in [-0.3, -0.25) is 4.99 Å². The number of aromatic nitrogens is 2. The molecular weight excluding hydrogens is 465 g/mol. The summed E-state index contributed by atoms with van der Waals surface area (Å²) in [6, 6.07) is 5.87. The normalized spacial score (nSPS) is 11.5. The van der Waals surface area contributed by atoms with Crippen molar-refractivity contribution >= 4 is 52.4 Å². The molecule has 0 saturated heterocycles. The maximum absolute atomic E-state index is 6.09. The predicted octanol–water partition coefficient (Wildman–Crippen LogP) is 3.95. The van der Waals surface area contributed by atoms with Gasteiger partial charge in [0.15, 0.2) is 5.96 Å². The molecule has 0 saturated carbocycles. The highest BCUT2D eigenvalue weighted by atomic mass is 127. The highest BCUT2D eigenvalue weighted by Crippen LogP contribution is 2.22. The van der Waals surface area contributed by atoms with Crippen molar-refractivity contribution < 1.29 is 4.42 Å². The van der Waals surface area contributed by atoms with Gasteiger partial charge in [0, 0.05) is 35.7 Å². The van der Waals surface area contributed by atoms with Crippen LogP contribution in [0.25, 0.3) is 10.9 Å². The highest BCUT2D eigenvalue weighted by molar-refractivity contribution is 14.0. The van der Waals surface area contributed by atoms with Gasteiger partial charge in [-0.15, -0.1) is 24.0 Å². The van der Waals surface area contributed by atoms with Gasteiger partial charge in [-0.25, -0.2) is 4.98 Å². The number of oxazole rings is 1. The van der Waals surface area contributed by atoms with Crippen LogP contribution in [0.5, 0.6) is 0 Å². The van der Waals surface area contributed by atoms with E-state index in [2.05, 4.69) is 25.6 Å². The molecule has 0 amide bonds. The number of benzene rings is 1. The van der Waals surface area contributed by atoms with Gasteiger partial charge in [0.2, 0.25) is 5.89 Å². The van der Waals surface area contributed by atoms with E-state index >= 15 is 0 Å². The Labute approximate surface area is 174 Å². The second kappa shape index (κ2) is 9.27. The summed E-state index contributed by atoms with van der Waals surface area (Å²) in [4.78, 5) is 11.8. The molecule has 1 aromatic carbocycles. The van der Waals surface area contributed by atoms with Crippen molar-refractivity contribution in [3.05, 3.63) is 52.3 Å². The first-order valence-corrected chi connectivity index (χ1v) is 8.57. The molecule has 140 valence electrons. The first kappa shape index (κ1) is 20.6. The van der Waals surface area contributed by atoms with Crippen molar-refractivity contribution in [2.45, 2.75) is 26.8 Å². The lowest BCUT2D eigenvalue weighted by Gasteiger charge is -2.10. The SMILES string of the molecule is CN=C(NCCc1c[nH]c2ccc(Cl)cc12)NCc1nc(C)c(C)o1.I. The first-order chi connectivity index (χ1) is 12.1. The lowest BCUT2D eigenvalue weighted by molar-refractivity contribution is 0.464. The van der Waals surface area contributed by atoms with E-state index in [9.17, 15) is 0 Å². The molecule has 0 aliphatic rings. The quantitative estimate of drug-likeness (QED) is 0.289. The van der Waals surface area contributed by atoms with E-state index < -0.39 is 0 Å². The minimum atomic E-state index is 0. The highest BCUT2D eigenvalue weighted by Gasteiger charge is 2.07. The van der Waals surface area contributed by atoms with Crippen LogP contribution < -0.4 is 10.6 Å². The fraction of sp³-hybridized carbons (Fsp3) is 0.333. The summed E-state index contributed by atoms with van der Waals surface area (Å²) in [5.74, 6) is 2.22. The lowest BCUT2D eigenvalue weighted by Crippen LogP contribution is -2.37. The average Bonchev–Trinajstić information content (AvgIpc) is 3.14. The Morgan fingerprint density at radius 1 is 1.31 bits per heavy atom. The summed E-state index contributed by atoms with van der Waals surface area (Å²) >= 11 is 6.09.